The molecule has 2 heteroatoms. The van der Waals surface area contributed by atoms with Gasteiger partial charge in [0.15, 0.2) is 0 Å². The van der Waals surface area contributed by atoms with Gasteiger partial charge in [0.2, 0.25) is 0 Å². The Labute approximate surface area is 109 Å². The van der Waals surface area contributed by atoms with Gasteiger partial charge in [0.1, 0.15) is 0 Å². The van der Waals surface area contributed by atoms with Crippen LogP contribution in [0, 0.1) is 0 Å². The van der Waals surface area contributed by atoms with E-state index in [4.69, 9.17) is 0 Å². The summed E-state index contributed by atoms with van der Waals surface area (Å²) < 4.78 is 0. The predicted molar refractivity (Wildman–Crippen MR) is 78.0 cm³/mol. The molecule has 0 aliphatic heterocycles. The molecule has 1 aromatic carbocycles. The standard InChI is InChI=1S/C15H23NS/c1-3-16-15(11-17-2)10-12-7-8-13-5-4-6-14(13)9-12/h7-9,15-16H,3-6,10-11H2,1-2H3. The van der Waals surface area contributed by atoms with Crippen molar-refractivity contribution in [3.05, 3.63) is 34.9 Å². The van der Waals surface area contributed by atoms with Crippen molar-refractivity contribution in [2.24, 2.45) is 0 Å². The normalized spacial score (nSPS) is 15.9. The molecule has 0 fully saturated rings. The van der Waals surface area contributed by atoms with Crippen molar-refractivity contribution >= 4 is 11.8 Å². The Hall–Kier alpha value is -0.470. The Morgan fingerprint density at radius 2 is 2.12 bits per heavy atom. The zero-order chi connectivity index (χ0) is 12.1. The first kappa shape index (κ1) is 13.0. The number of thioether (sulfide) groups is 1. The Morgan fingerprint density at radius 3 is 2.88 bits per heavy atom. The fourth-order valence-electron chi connectivity index (χ4n) is 2.72. The summed E-state index contributed by atoms with van der Waals surface area (Å²) in [5.41, 5.74) is 4.69. The Bertz CT molecular complexity index is 356. The molecule has 1 unspecified atom stereocenters. The summed E-state index contributed by atoms with van der Waals surface area (Å²) in [5.74, 6) is 1.20. The van der Waals surface area contributed by atoms with E-state index in [1.807, 2.05) is 11.8 Å². The number of rotatable bonds is 6. The molecule has 1 atom stereocenters. The monoisotopic (exact) mass is 249 g/mol. The second-order valence-electron chi connectivity index (χ2n) is 4.87. The molecule has 0 heterocycles. The number of hydrogen-bond donors (Lipinski definition) is 1. The molecule has 1 aliphatic rings. The third-order valence-corrected chi connectivity index (χ3v) is 4.24. The summed E-state index contributed by atoms with van der Waals surface area (Å²) in [5, 5.41) is 3.58. The minimum absolute atomic E-state index is 0.620. The van der Waals surface area contributed by atoms with Crippen LogP contribution in [0.2, 0.25) is 0 Å². The summed E-state index contributed by atoms with van der Waals surface area (Å²) in [6.45, 7) is 3.26. The van der Waals surface area contributed by atoms with Crippen molar-refractivity contribution in [1.82, 2.24) is 5.32 Å². The first-order valence-corrected chi connectivity index (χ1v) is 8.06. The lowest BCUT2D eigenvalue weighted by molar-refractivity contribution is 0.573. The highest BCUT2D eigenvalue weighted by Crippen LogP contribution is 2.23. The SMILES string of the molecule is CCNC(CSC)Cc1ccc2c(c1)CCC2. The Morgan fingerprint density at radius 1 is 1.29 bits per heavy atom. The van der Waals surface area contributed by atoms with Crippen LogP contribution in [-0.2, 0) is 19.3 Å². The van der Waals surface area contributed by atoms with Crippen LogP contribution < -0.4 is 5.32 Å². The molecule has 17 heavy (non-hydrogen) atoms. The fraction of sp³-hybridized carbons (Fsp3) is 0.600. The molecule has 0 spiro atoms. The molecule has 1 aliphatic carbocycles. The zero-order valence-corrected chi connectivity index (χ0v) is 11.8. The molecule has 1 nitrogen and oxygen atoms in total. The highest BCUT2D eigenvalue weighted by molar-refractivity contribution is 7.98. The number of aryl methyl sites for hydroxylation is 2. The van der Waals surface area contributed by atoms with E-state index in [9.17, 15) is 0 Å². The third-order valence-electron chi connectivity index (χ3n) is 3.51. The van der Waals surface area contributed by atoms with E-state index in [1.54, 1.807) is 11.1 Å². The van der Waals surface area contributed by atoms with E-state index in [0.717, 1.165) is 6.54 Å². The van der Waals surface area contributed by atoms with Crippen molar-refractivity contribution < 1.29 is 0 Å². The molecular weight excluding hydrogens is 226 g/mol. The largest absolute Gasteiger partial charge is 0.313 e. The lowest BCUT2D eigenvalue weighted by atomic mass is 10.0. The molecule has 0 aromatic heterocycles. The smallest absolute Gasteiger partial charge is 0.0198 e. The summed E-state index contributed by atoms with van der Waals surface area (Å²) in [4.78, 5) is 0. The maximum Gasteiger partial charge on any atom is 0.0198 e. The van der Waals surface area contributed by atoms with Crippen LogP contribution in [-0.4, -0.2) is 24.6 Å². The van der Waals surface area contributed by atoms with Crippen LogP contribution in [0.15, 0.2) is 18.2 Å². The first-order chi connectivity index (χ1) is 8.33. The molecule has 0 saturated carbocycles. The van der Waals surface area contributed by atoms with Crippen LogP contribution in [0.25, 0.3) is 0 Å². The van der Waals surface area contributed by atoms with Crippen molar-refractivity contribution in [2.75, 3.05) is 18.6 Å². The van der Waals surface area contributed by atoms with Crippen LogP contribution in [0.1, 0.15) is 30.0 Å². The van der Waals surface area contributed by atoms with Gasteiger partial charge in [-0.3, -0.25) is 0 Å². The number of likely N-dealkylation sites (N-methyl/N-ethyl adjacent to an activating group) is 1. The summed E-state index contributed by atoms with van der Waals surface area (Å²) in [6.07, 6.45) is 7.28. The maximum absolute atomic E-state index is 3.58. The molecule has 94 valence electrons. The van der Waals surface area contributed by atoms with Gasteiger partial charge in [-0.05, 0) is 55.2 Å². The summed E-state index contributed by atoms with van der Waals surface area (Å²) in [7, 11) is 0. The highest BCUT2D eigenvalue weighted by atomic mass is 32.2. The quantitative estimate of drug-likeness (QED) is 0.831. The van der Waals surface area contributed by atoms with Gasteiger partial charge in [-0.1, -0.05) is 25.1 Å². The van der Waals surface area contributed by atoms with Gasteiger partial charge in [0.25, 0.3) is 0 Å². The van der Waals surface area contributed by atoms with E-state index < -0.39 is 0 Å². The minimum atomic E-state index is 0.620. The second kappa shape index (κ2) is 6.46. The van der Waals surface area contributed by atoms with Gasteiger partial charge >= 0.3 is 0 Å². The average molecular weight is 249 g/mol. The number of hydrogen-bond acceptors (Lipinski definition) is 2. The van der Waals surface area contributed by atoms with Gasteiger partial charge in [0.05, 0.1) is 0 Å². The number of nitrogens with one attached hydrogen (secondary N) is 1. The Balaban J connectivity index is 2.01. The van der Waals surface area contributed by atoms with Crippen molar-refractivity contribution in [3.63, 3.8) is 0 Å². The molecule has 0 bridgehead atoms. The summed E-state index contributed by atoms with van der Waals surface area (Å²) in [6, 6.07) is 7.73. The topological polar surface area (TPSA) is 12.0 Å². The van der Waals surface area contributed by atoms with Crippen molar-refractivity contribution in [3.8, 4) is 0 Å². The van der Waals surface area contributed by atoms with Crippen LogP contribution >= 0.6 is 11.8 Å². The van der Waals surface area contributed by atoms with E-state index in [2.05, 4.69) is 36.7 Å². The third kappa shape index (κ3) is 3.49. The van der Waals surface area contributed by atoms with Crippen molar-refractivity contribution in [2.45, 2.75) is 38.6 Å². The maximum atomic E-state index is 3.58. The zero-order valence-electron chi connectivity index (χ0n) is 11.0. The molecule has 1 N–H and O–H groups in total. The highest BCUT2D eigenvalue weighted by Gasteiger charge is 2.13. The van der Waals surface area contributed by atoms with Crippen LogP contribution in [0.5, 0.6) is 0 Å². The van der Waals surface area contributed by atoms with Crippen LogP contribution in [0.4, 0.5) is 0 Å². The van der Waals surface area contributed by atoms with Gasteiger partial charge in [-0.2, -0.15) is 11.8 Å². The van der Waals surface area contributed by atoms with E-state index in [1.165, 1.54) is 37.0 Å². The van der Waals surface area contributed by atoms with Gasteiger partial charge in [-0.15, -0.1) is 0 Å². The molecule has 0 saturated heterocycles. The molecule has 1 aromatic rings. The average Bonchev–Trinajstić information content (AvgIpc) is 2.77. The van der Waals surface area contributed by atoms with Gasteiger partial charge in [-0.25, -0.2) is 0 Å². The minimum Gasteiger partial charge on any atom is -0.313 e. The lowest BCUT2D eigenvalue weighted by Gasteiger charge is -2.17. The second-order valence-corrected chi connectivity index (χ2v) is 5.78. The van der Waals surface area contributed by atoms with E-state index in [-0.39, 0.29) is 0 Å². The molecule has 0 radical (unpaired) electrons. The van der Waals surface area contributed by atoms with Gasteiger partial charge < -0.3 is 5.32 Å². The molecular formula is C15H23NS. The summed E-state index contributed by atoms with van der Waals surface area (Å²) >= 11 is 1.93. The number of fused-ring (bicyclic) bond motifs is 1. The van der Waals surface area contributed by atoms with E-state index >= 15 is 0 Å². The van der Waals surface area contributed by atoms with Gasteiger partial charge in [0, 0.05) is 11.8 Å². The molecule has 2 rings (SSSR count). The lowest BCUT2D eigenvalue weighted by Crippen LogP contribution is -2.33. The molecule has 0 amide bonds. The Kier molecular flexibility index (Phi) is 4.93. The van der Waals surface area contributed by atoms with Crippen molar-refractivity contribution in [1.29, 1.82) is 0 Å². The number of benzene rings is 1. The van der Waals surface area contributed by atoms with Crippen LogP contribution in [0.3, 0.4) is 0 Å². The predicted octanol–water partition coefficient (Wildman–Crippen LogP) is 3.06. The fourth-order valence-corrected chi connectivity index (χ4v) is 3.35. The van der Waals surface area contributed by atoms with E-state index in [0.29, 0.717) is 6.04 Å². The first-order valence-electron chi connectivity index (χ1n) is 6.66.